The SMILES string of the molecule is CC(C)CCCC(C)C1CCC2C3C(=O)C=C4CC(OC(=O)CCCCCCCC(=O)O)CCC4(C)C3CCC12C.CC(C)CCCC(C)C1CCC2C3C(=O)C=C4CC(OC(=O)CCCCCCCCCCCC(=O)O)CCC4(C)C3CCC12C. The van der Waals surface area contributed by atoms with E-state index >= 15 is 0 Å². The van der Waals surface area contributed by atoms with Crippen LogP contribution in [0.3, 0.4) is 0 Å². The van der Waals surface area contributed by atoms with Gasteiger partial charge in [0.25, 0.3) is 0 Å². The van der Waals surface area contributed by atoms with Crippen molar-refractivity contribution in [2.75, 3.05) is 0 Å². The van der Waals surface area contributed by atoms with Crippen LogP contribution in [0.15, 0.2) is 23.3 Å². The third-order valence-electron chi connectivity index (χ3n) is 25.3. The van der Waals surface area contributed by atoms with Crippen molar-refractivity contribution in [3.05, 3.63) is 23.3 Å². The first-order valence-electron chi connectivity index (χ1n) is 36.2. The molecule has 6 saturated carbocycles. The van der Waals surface area contributed by atoms with Crippen LogP contribution in [0.2, 0.25) is 0 Å². The molecule has 0 spiro atoms. The predicted octanol–water partition coefficient (Wildman–Crippen LogP) is 19.4. The summed E-state index contributed by atoms with van der Waals surface area (Å²) in [6, 6.07) is 0. The molecule has 10 heteroatoms. The Morgan fingerprint density at radius 3 is 1.10 bits per heavy atom. The summed E-state index contributed by atoms with van der Waals surface area (Å²) >= 11 is 0. The van der Waals surface area contributed by atoms with Gasteiger partial charge in [0, 0.05) is 50.4 Å². The summed E-state index contributed by atoms with van der Waals surface area (Å²) in [7, 11) is 0. The van der Waals surface area contributed by atoms with Gasteiger partial charge in [0.2, 0.25) is 0 Å². The Morgan fingerprint density at radius 1 is 0.430 bits per heavy atom. The molecular weight excluding hydrogens is 1070 g/mol. The second kappa shape index (κ2) is 32.1. The summed E-state index contributed by atoms with van der Waals surface area (Å²) in [6.07, 6.45) is 42.1. The van der Waals surface area contributed by atoms with E-state index in [9.17, 15) is 28.8 Å². The molecule has 488 valence electrons. The number of rotatable bonds is 32. The van der Waals surface area contributed by atoms with E-state index in [1.807, 2.05) is 12.2 Å². The Hall–Kier alpha value is -3.30. The van der Waals surface area contributed by atoms with E-state index in [1.165, 1.54) is 114 Å². The Balaban J connectivity index is 0.000000247. The fraction of sp³-hybridized carbons (Fsp3) is 0.868. The van der Waals surface area contributed by atoms with Gasteiger partial charge in [-0.25, -0.2) is 0 Å². The molecule has 16 unspecified atom stereocenters. The number of hydrogen-bond acceptors (Lipinski definition) is 8. The fourth-order valence-electron chi connectivity index (χ4n) is 20.3. The van der Waals surface area contributed by atoms with Gasteiger partial charge in [0.15, 0.2) is 11.6 Å². The van der Waals surface area contributed by atoms with Crippen LogP contribution in [-0.4, -0.2) is 57.9 Å². The minimum atomic E-state index is -0.742. The molecule has 0 aromatic rings. The molecule has 0 saturated heterocycles. The van der Waals surface area contributed by atoms with Crippen molar-refractivity contribution < 1.29 is 48.5 Å². The molecule has 0 bridgehead atoms. The largest absolute Gasteiger partial charge is 0.481 e. The second-order valence-corrected chi connectivity index (χ2v) is 32.0. The number of unbranched alkanes of at least 4 members (excludes halogenated alkanes) is 12. The van der Waals surface area contributed by atoms with Crippen LogP contribution in [0.4, 0.5) is 0 Å². The Bertz CT molecular complexity index is 2310. The van der Waals surface area contributed by atoms with E-state index in [4.69, 9.17) is 19.7 Å². The second-order valence-electron chi connectivity index (χ2n) is 32.0. The number of carboxylic acid groups (broad SMARTS) is 2. The van der Waals surface area contributed by atoms with Crippen LogP contribution in [0, 0.1) is 92.7 Å². The lowest BCUT2D eigenvalue weighted by Crippen LogP contribution is -2.53. The number of ether oxygens (including phenoxy) is 2. The van der Waals surface area contributed by atoms with Gasteiger partial charge in [-0.2, -0.15) is 0 Å². The molecule has 16 atom stereocenters. The molecule has 8 rings (SSSR count). The smallest absolute Gasteiger partial charge is 0.306 e. The van der Waals surface area contributed by atoms with Gasteiger partial charge in [-0.3, -0.25) is 28.8 Å². The maximum absolute atomic E-state index is 13.9. The van der Waals surface area contributed by atoms with Crippen LogP contribution in [0.25, 0.3) is 0 Å². The van der Waals surface area contributed by atoms with Crippen LogP contribution in [0.1, 0.15) is 313 Å². The van der Waals surface area contributed by atoms with Crippen molar-refractivity contribution in [2.24, 2.45) is 92.7 Å². The molecule has 0 amide bonds. The van der Waals surface area contributed by atoms with Gasteiger partial charge >= 0.3 is 23.9 Å². The third-order valence-corrected chi connectivity index (χ3v) is 25.3. The Kier molecular flexibility index (Phi) is 26.2. The molecular formula is C76H124O10. The summed E-state index contributed by atoms with van der Waals surface area (Å²) in [5, 5.41) is 17.4. The number of fused-ring (bicyclic) bond motifs is 10. The number of carbonyl (C=O) groups is 6. The first-order valence-corrected chi connectivity index (χ1v) is 36.2. The van der Waals surface area contributed by atoms with Crippen molar-refractivity contribution in [1.82, 2.24) is 0 Å². The highest BCUT2D eigenvalue weighted by atomic mass is 16.5. The molecule has 6 fully saturated rings. The van der Waals surface area contributed by atoms with Gasteiger partial charge in [0.05, 0.1) is 0 Å². The summed E-state index contributed by atoms with van der Waals surface area (Å²) in [4.78, 5) is 74.2. The number of hydrogen-bond donors (Lipinski definition) is 2. The Morgan fingerprint density at radius 2 is 0.767 bits per heavy atom. The number of allylic oxidation sites excluding steroid dienone is 2. The maximum Gasteiger partial charge on any atom is 0.306 e. The topological polar surface area (TPSA) is 161 Å². The van der Waals surface area contributed by atoms with Crippen molar-refractivity contribution in [3.63, 3.8) is 0 Å². The number of carboxylic acids is 2. The lowest BCUT2D eigenvalue weighted by Gasteiger charge is -2.57. The van der Waals surface area contributed by atoms with E-state index in [0.717, 1.165) is 138 Å². The first kappa shape index (κ1) is 70.2. The summed E-state index contributed by atoms with van der Waals surface area (Å²) in [6.45, 7) is 24.2. The third kappa shape index (κ3) is 17.6. The van der Waals surface area contributed by atoms with Crippen LogP contribution < -0.4 is 0 Å². The molecule has 0 aliphatic heterocycles. The zero-order valence-electron chi connectivity index (χ0n) is 56.3. The van der Waals surface area contributed by atoms with Crippen molar-refractivity contribution in [2.45, 2.75) is 325 Å². The van der Waals surface area contributed by atoms with Crippen LogP contribution in [-0.2, 0) is 38.2 Å². The van der Waals surface area contributed by atoms with Gasteiger partial charge < -0.3 is 19.7 Å². The van der Waals surface area contributed by atoms with Crippen molar-refractivity contribution in [1.29, 1.82) is 0 Å². The number of aliphatic carboxylic acids is 2. The maximum atomic E-state index is 13.9. The average molecular weight is 1200 g/mol. The zero-order valence-corrected chi connectivity index (χ0v) is 56.3. The lowest BCUT2D eigenvalue weighted by molar-refractivity contribution is -0.153. The highest BCUT2D eigenvalue weighted by molar-refractivity contribution is 5.95. The number of esters is 2. The van der Waals surface area contributed by atoms with E-state index in [0.29, 0.717) is 71.8 Å². The van der Waals surface area contributed by atoms with Crippen molar-refractivity contribution >= 4 is 35.4 Å². The van der Waals surface area contributed by atoms with Gasteiger partial charge in [-0.1, -0.05) is 183 Å². The molecule has 8 aliphatic carbocycles. The summed E-state index contributed by atoms with van der Waals surface area (Å²) in [5.74, 6) is 5.90. The van der Waals surface area contributed by atoms with Gasteiger partial charge in [0.1, 0.15) is 12.2 Å². The predicted molar refractivity (Wildman–Crippen MR) is 345 cm³/mol. The fourth-order valence-corrected chi connectivity index (χ4v) is 20.3. The molecule has 0 aromatic heterocycles. The zero-order chi connectivity index (χ0) is 62.4. The van der Waals surface area contributed by atoms with Crippen molar-refractivity contribution in [3.8, 4) is 0 Å². The first-order chi connectivity index (χ1) is 40.9. The Labute approximate surface area is 522 Å². The summed E-state index contributed by atoms with van der Waals surface area (Å²) < 4.78 is 11.9. The van der Waals surface area contributed by atoms with E-state index < -0.39 is 11.9 Å². The van der Waals surface area contributed by atoms with E-state index in [1.54, 1.807) is 0 Å². The van der Waals surface area contributed by atoms with E-state index in [2.05, 4.69) is 69.2 Å². The van der Waals surface area contributed by atoms with Crippen LogP contribution in [0.5, 0.6) is 0 Å². The normalized spacial score (nSPS) is 34.2. The molecule has 0 radical (unpaired) electrons. The molecule has 0 aromatic carbocycles. The summed E-state index contributed by atoms with van der Waals surface area (Å²) in [5.41, 5.74) is 3.22. The molecule has 0 heterocycles. The van der Waals surface area contributed by atoms with Crippen LogP contribution >= 0.6 is 0 Å². The van der Waals surface area contributed by atoms with Gasteiger partial charge in [-0.15, -0.1) is 0 Å². The minimum absolute atomic E-state index is 0.0553. The highest BCUT2D eigenvalue weighted by Gasteiger charge is 2.63. The molecule has 8 aliphatic rings. The molecule has 10 nitrogen and oxygen atoms in total. The van der Waals surface area contributed by atoms with Gasteiger partial charge in [-0.05, 0) is 196 Å². The lowest BCUT2D eigenvalue weighted by atomic mass is 9.46. The molecule has 86 heavy (non-hydrogen) atoms. The quantitative estimate of drug-likeness (QED) is 0.0490. The number of carbonyl (C=O) groups excluding carboxylic acids is 4. The standard InChI is InChI=1S/C40H66O5.C36H58O5/c1-28(2)16-15-17-29(3)32-20-21-33-38-34(23-25-40(32,33)5)39(4)24-22-31(26-30(39)27-35(38)41)45-37(44)19-14-12-10-8-6-7-9-11-13-18-36(42)43;1-24(2)12-11-13-25(3)28-16-17-29-34-30(19-21-36(28,29)5)35(4)20-18-27(22-26(35)23-31(34)37)41-33(40)15-10-8-6-7-9-14-32(38)39/h27-29,31-34,38H,6-26H2,1-5H3,(H,42,43);23-25,27-30,34H,6-22H2,1-5H3,(H,38,39). The average Bonchev–Trinajstić information content (AvgIpc) is 1.30. The monoisotopic (exact) mass is 1200 g/mol. The molecule has 2 N–H and O–H groups in total. The highest BCUT2D eigenvalue weighted by Crippen LogP contribution is 2.69. The number of ketones is 2. The minimum Gasteiger partial charge on any atom is -0.481 e. The van der Waals surface area contributed by atoms with E-state index in [-0.39, 0.29) is 59.7 Å².